The molecule has 98 valence electrons. The van der Waals surface area contributed by atoms with Crippen molar-refractivity contribution >= 4 is 85.3 Å². The number of aliphatic carboxylic acids is 1. The highest BCUT2D eigenvalue weighted by Gasteiger charge is 2.15. The average Bonchev–Trinajstić information content (AvgIpc) is 2.29. The fraction of sp³-hybridized carbons (Fsp3) is 0.200. The first-order chi connectivity index (χ1) is 8.32. The lowest BCUT2D eigenvalue weighted by Gasteiger charge is -2.12. The molecule has 1 rings (SSSR count). The number of carboxylic acids is 1. The summed E-state index contributed by atoms with van der Waals surface area (Å²) < 4.78 is 2.04. The van der Waals surface area contributed by atoms with Crippen LogP contribution >= 0.6 is 67.8 Å². The van der Waals surface area contributed by atoms with Crippen molar-refractivity contribution in [2.45, 2.75) is 12.8 Å². The Morgan fingerprint density at radius 1 is 1.17 bits per heavy atom. The molecular formula is C10H8I3NO4. The summed E-state index contributed by atoms with van der Waals surface area (Å²) in [5, 5.41) is 20.9. The molecule has 0 aliphatic rings. The molecule has 0 unspecified atom stereocenters. The molecule has 0 heterocycles. The van der Waals surface area contributed by atoms with E-state index in [1.807, 2.05) is 45.2 Å². The van der Waals surface area contributed by atoms with Gasteiger partial charge in [-0.2, -0.15) is 0 Å². The van der Waals surface area contributed by atoms with Crippen molar-refractivity contribution in [1.82, 2.24) is 0 Å². The average molecular weight is 587 g/mol. The van der Waals surface area contributed by atoms with Gasteiger partial charge in [-0.3, -0.25) is 9.59 Å². The van der Waals surface area contributed by atoms with Gasteiger partial charge in [-0.05, 0) is 73.8 Å². The fourth-order valence-corrected chi connectivity index (χ4v) is 4.76. The quantitative estimate of drug-likeness (QED) is 0.474. The van der Waals surface area contributed by atoms with E-state index in [0.29, 0.717) is 12.8 Å². The summed E-state index contributed by atoms with van der Waals surface area (Å²) in [4.78, 5) is 21.9. The van der Waals surface area contributed by atoms with Crippen LogP contribution in [0.4, 0.5) is 5.69 Å². The second kappa shape index (κ2) is 7.07. The minimum Gasteiger partial charge on any atom is -0.506 e. The lowest BCUT2D eigenvalue weighted by atomic mass is 10.2. The maximum absolute atomic E-state index is 11.6. The number of carboxylic acid groups (broad SMARTS) is 1. The smallest absolute Gasteiger partial charge is 0.303 e. The Hall–Kier alpha value is 0.150. The van der Waals surface area contributed by atoms with E-state index in [1.54, 1.807) is 6.07 Å². The molecule has 1 aromatic rings. The van der Waals surface area contributed by atoms with Crippen molar-refractivity contribution in [3.05, 3.63) is 16.8 Å². The van der Waals surface area contributed by atoms with Crippen LogP contribution in [0.3, 0.4) is 0 Å². The van der Waals surface area contributed by atoms with Gasteiger partial charge >= 0.3 is 5.97 Å². The summed E-state index contributed by atoms with van der Waals surface area (Å²) in [5.41, 5.74) is 0.518. The molecule has 0 aromatic heterocycles. The third-order valence-corrected chi connectivity index (χ3v) is 4.70. The van der Waals surface area contributed by atoms with Gasteiger partial charge in [-0.1, -0.05) is 0 Å². The number of benzene rings is 1. The predicted octanol–water partition coefficient (Wildman–Crippen LogP) is 3.01. The summed E-state index contributed by atoms with van der Waals surface area (Å²) in [6.07, 6.45) is -0.302. The van der Waals surface area contributed by atoms with Gasteiger partial charge in [0.25, 0.3) is 0 Å². The van der Waals surface area contributed by atoms with E-state index < -0.39 is 5.97 Å². The summed E-state index contributed by atoms with van der Waals surface area (Å²) in [6, 6.07) is 1.74. The molecule has 0 aliphatic carbocycles. The molecule has 8 heteroatoms. The standard InChI is InChI=1S/C10H8I3NO4/c11-4-3-5(12)10(18)8(13)9(4)14-6(15)1-2-7(16)17/h3,18H,1-2H2,(H,14,15)(H,16,17). The van der Waals surface area contributed by atoms with Crippen molar-refractivity contribution in [2.75, 3.05) is 5.32 Å². The van der Waals surface area contributed by atoms with Crippen LogP contribution in [0.2, 0.25) is 0 Å². The third-order valence-electron chi connectivity index (χ3n) is 1.98. The Labute approximate surface area is 144 Å². The molecule has 0 aliphatic heterocycles. The second-order valence-electron chi connectivity index (χ2n) is 3.32. The van der Waals surface area contributed by atoms with Gasteiger partial charge in [0.05, 0.1) is 19.2 Å². The summed E-state index contributed by atoms with van der Waals surface area (Å²) in [7, 11) is 0. The molecule has 0 saturated carbocycles. The maximum atomic E-state index is 11.6. The highest BCUT2D eigenvalue weighted by molar-refractivity contribution is 14.1. The van der Waals surface area contributed by atoms with Crippen LogP contribution in [0, 0.1) is 10.7 Å². The van der Waals surface area contributed by atoms with E-state index in [-0.39, 0.29) is 24.5 Å². The maximum Gasteiger partial charge on any atom is 0.303 e. The first-order valence-electron chi connectivity index (χ1n) is 4.71. The molecule has 1 aromatic carbocycles. The monoisotopic (exact) mass is 587 g/mol. The zero-order valence-electron chi connectivity index (χ0n) is 8.84. The lowest BCUT2D eigenvalue weighted by molar-refractivity contribution is -0.138. The van der Waals surface area contributed by atoms with Crippen LogP contribution in [-0.2, 0) is 9.59 Å². The highest BCUT2D eigenvalue weighted by atomic mass is 127. The summed E-state index contributed by atoms with van der Waals surface area (Å²) in [6.45, 7) is 0. The Morgan fingerprint density at radius 2 is 1.78 bits per heavy atom. The number of anilines is 1. The molecule has 3 N–H and O–H groups in total. The topological polar surface area (TPSA) is 86.6 Å². The Bertz CT molecular complexity index is 504. The van der Waals surface area contributed by atoms with Gasteiger partial charge in [0.1, 0.15) is 5.75 Å². The van der Waals surface area contributed by atoms with Gasteiger partial charge in [0.15, 0.2) is 0 Å². The van der Waals surface area contributed by atoms with E-state index in [0.717, 1.165) is 3.57 Å². The number of aromatic hydroxyl groups is 1. The van der Waals surface area contributed by atoms with Gasteiger partial charge in [0.2, 0.25) is 5.91 Å². The minimum absolute atomic E-state index is 0.0890. The molecule has 0 radical (unpaired) electrons. The van der Waals surface area contributed by atoms with Crippen LogP contribution in [-0.4, -0.2) is 22.1 Å². The van der Waals surface area contributed by atoms with Gasteiger partial charge < -0.3 is 15.5 Å². The first-order valence-corrected chi connectivity index (χ1v) is 7.94. The van der Waals surface area contributed by atoms with Gasteiger partial charge in [-0.25, -0.2) is 0 Å². The number of nitrogens with one attached hydrogen (secondary N) is 1. The van der Waals surface area contributed by atoms with Gasteiger partial charge in [0, 0.05) is 9.99 Å². The number of rotatable bonds is 4. The Balaban J connectivity index is 2.88. The normalized spacial score (nSPS) is 10.2. The van der Waals surface area contributed by atoms with E-state index >= 15 is 0 Å². The number of halogens is 3. The molecule has 0 spiro atoms. The molecule has 0 atom stereocenters. The first kappa shape index (κ1) is 16.2. The van der Waals surface area contributed by atoms with Crippen molar-refractivity contribution in [1.29, 1.82) is 0 Å². The molecule has 1 amide bonds. The molecular weight excluding hydrogens is 579 g/mol. The molecule has 18 heavy (non-hydrogen) atoms. The number of hydrogen-bond donors (Lipinski definition) is 3. The number of carbonyl (C=O) groups is 2. The van der Waals surface area contributed by atoms with Crippen molar-refractivity contribution in [3.63, 3.8) is 0 Å². The zero-order chi connectivity index (χ0) is 13.9. The van der Waals surface area contributed by atoms with Crippen molar-refractivity contribution in [2.24, 2.45) is 0 Å². The van der Waals surface area contributed by atoms with Crippen LogP contribution in [0.25, 0.3) is 0 Å². The Morgan fingerprint density at radius 3 is 2.33 bits per heavy atom. The predicted molar refractivity (Wildman–Crippen MR) is 91.8 cm³/mol. The van der Waals surface area contributed by atoms with Crippen LogP contribution < -0.4 is 5.32 Å². The minimum atomic E-state index is -1.01. The summed E-state index contributed by atoms with van der Waals surface area (Å²) in [5.74, 6) is -1.28. The molecule has 0 bridgehead atoms. The van der Waals surface area contributed by atoms with E-state index in [1.165, 1.54) is 0 Å². The van der Waals surface area contributed by atoms with Crippen LogP contribution in [0.15, 0.2) is 6.07 Å². The van der Waals surface area contributed by atoms with Gasteiger partial charge in [-0.15, -0.1) is 0 Å². The van der Waals surface area contributed by atoms with E-state index in [4.69, 9.17) is 5.11 Å². The van der Waals surface area contributed by atoms with E-state index in [2.05, 4.69) is 27.9 Å². The number of carbonyl (C=O) groups excluding carboxylic acids is 1. The number of hydrogen-bond acceptors (Lipinski definition) is 3. The number of phenols is 1. The van der Waals surface area contributed by atoms with Crippen molar-refractivity contribution in [3.8, 4) is 5.75 Å². The lowest BCUT2D eigenvalue weighted by Crippen LogP contribution is -2.15. The summed E-state index contributed by atoms with van der Waals surface area (Å²) >= 11 is 5.99. The number of phenolic OH excluding ortho intramolecular Hbond substituents is 1. The second-order valence-corrected chi connectivity index (χ2v) is 6.72. The van der Waals surface area contributed by atoms with Crippen LogP contribution in [0.1, 0.15) is 12.8 Å². The van der Waals surface area contributed by atoms with Crippen LogP contribution in [0.5, 0.6) is 5.75 Å². The highest BCUT2D eigenvalue weighted by Crippen LogP contribution is 2.35. The van der Waals surface area contributed by atoms with E-state index in [9.17, 15) is 14.7 Å². The van der Waals surface area contributed by atoms with Crippen molar-refractivity contribution < 1.29 is 19.8 Å². The molecule has 0 fully saturated rings. The third kappa shape index (κ3) is 4.36. The fourth-order valence-electron chi connectivity index (χ4n) is 1.12. The molecule has 5 nitrogen and oxygen atoms in total. The number of amides is 1. The Kier molecular flexibility index (Phi) is 6.37. The molecule has 0 saturated heterocycles. The largest absolute Gasteiger partial charge is 0.506 e. The zero-order valence-corrected chi connectivity index (χ0v) is 15.3. The SMILES string of the molecule is O=C(O)CCC(=O)Nc1c(I)cc(I)c(O)c1I.